The number of H-pyrrole nitrogens is 2. The fourth-order valence-corrected chi connectivity index (χ4v) is 2.12. The number of halogens is 1. The summed E-state index contributed by atoms with van der Waals surface area (Å²) in [7, 11) is 0. The second-order valence-electron chi connectivity index (χ2n) is 3.98. The highest BCUT2D eigenvalue weighted by Crippen LogP contribution is 2.12. The third-order valence-electron chi connectivity index (χ3n) is 2.62. The number of aromatic amines is 2. The van der Waals surface area contributed by atoms with E-state index in [0.717, 1.165) is 4.47 Å². The van der Waals surface area contributed by atoms with Crippen LogP contribution in [0.2, 0.25) is 0 Å². The van der Waals surface area contributed by atoms with Gasteiger partial charge in [0.15, 0.2) is 11.2 Å². The molecule has 2 aromatic heterocycles. The SMILES string of the molecule is O=C(Nc1nc(=O)c2[nH]cnc2[nH]1)c1cccc(Br)c1. The number of carbonyl (C=O) groups excluding carboxylic acids is 1. The number of hydrogen-bond acceptors (Lipinski definition) is 4. The highest BCUT2D eigenvalue weighted by atomic mass is 79.9. The first-order chi connectivity index (χ1) is 9.63. The van der Waals surface area contributed by atoms with Crippen LogP contribution in [0.15, 0.2) is 39.9 Å². The van der Waals surface area contributed by atoms with Crippen molar-refractivity contribution in [2.45, 2.75) is 0 Å². The maximum atomic E-state index is 12.0. The number of hydrogen-bond donors (Lipinski definition) is 3. The second-order valence-corrected chi connectivity index (χ2v) is 4.90. The number of nitrogens with zero attached hydrogens (tertiary/aromatic N) is 2. The molecule has 0 aliphatic rings. The van der Waals surface area contributed by atoms with Gasteiger partial charge in [-0.15, -0.1) is 0 Å². The lowest BCUT2D eigenvalue weighted by molar-refractivity contribution is 0.102. The van der Waals surface area contributed by atoms with Crippen LogP contribution in [-0.2, 0) is 0 Å². The molecule has 0 atom stereocenters. The first kappa shape index (κ1) is 12.5. The van der Waals surface area contributed by atoms with Gasteiger partial charge in [-0.05, 0) is 18.2 Å². The molecule has 20 heavy (non-hydrogen) atoms. The number of rotatable bonds is 2. The Kier molecular flexibility index (Phi) is 3.07. The number of imidazole rings is 1. The van der Waals surface area contributed by atoms with Crippen molar-refractivity contribution in [3.8, 4) is 0 Å². The van der Waals surface area contributed by atoms with Crippen molar-refractivity contribution in [1.29, 1.82) is 0 Å². The van der Waals surface area contributed by atoms with Gasteiger partial charge < -0.3 is 9.97 Å². The number of aromatic nitrogens is 4. The maximum Gasteiger partial charge on any atom is 0.300 e. The normalized spacial score (nSPS) is 10.7. The van der Waals surface area contributed by atoms with Crippen LogP contribution in [0.25, 0.3) is 11.2 Å². The maximum absolute atomic E-state index is 12.0. The molecule has 2 heterocycles. The average molecular weight is 334 g/mol. The molecular formula is C12H8BrN5O2. The molecule has 3 rings (SSSR count). The first-order valence-electron chi connectivity index (χ1n) is 5.64. The quantitative estimate of drug-likeness (QED) is 0.663. The van der Waals surface area contributed by atoms with Gasteiger partial charge in [0.05, 0.1) is 6.33 Å². The number of nitrogens with one attached hydrogen (secondary N) is 3. The summed E-state index contributed by atoms with van der Waals surface area (Å²) in [5, 5.41) is 2.53. The Morgan fingerprint density at radius 2 is 2.20 bits per heavy atom. The lowest BCUT2D eigenvalue weighted by Crippen LogP contribution is -2.18. The van der Waals surface area contributed by atoms with Crippen LogP contribution < -0.4 is 10.9 Å². The predicted octanol–water partition coefficient (Wildman–Crippen LogP) is 1.66. The number of anilines is 1. The van der Waals surface area contributed by atoms with E-state index in [1.54, 1.807) is 18.2 Å². The highest BCUT2D eigenvalue weighted by Gasteiger charge is 2.10. The Balaban J connectivity index is 1.93. The molecule has 7 nitrogen and oxygen atoms in total. The van der Waals surface area contributed by atoms with Crippen molar-refractivity contribution in [1.82, 2.24) is 19.9 Å². The molecule has 1 amide bonds. The Hall–Kier alpha value is -2.48. The van der Waals surface area contributed by atoms with Crippen LogP contribution in [0.1, 0.15) is 10.4 Å². The largest absolute Gasteiger partial charge is 0.339 e. The molecule has 3 aromatic rings. The summed E-state index contributed by atoms with van der Waals surface area (Å²) >= 11 is 3.29. The van der Waals surface area contributed by atoms with Gasteiger partial charge in [0, 0.05) is 10.0 Å². The molecule has 0 fully saturated rings. The van der Waals surface area contributed by atoms with Gasteiger partial charge in [-0.3, -0.25) is 14.9 Å². The zero-order valence-electron chi connectivity index (χ0n) is 9.98. The van der Waals surface area contributed by atoms with E-state index in [1.165, 1.54) is 6.33 Å². The van der Waals surface area contributed by atoms with Crippen LogP contribution in [0, 0.1) is 0 Å². The van der Waals surface area contributed by atoms with Gasteiger partial charge in [-0.25, -0.2) is 4.98 Å². The van der Waals surface area contributed by atoms with Crippen LogP contribution in [0.5, 0.6) is 0 Å². The molecule has 0 aliphatic heterocycles. The van der Waals surface area contributed by atoms with E-state index in [-0.39, 0.29) is 17.4 Å². The predicted molar refractivity (Wildman–Crippen MR) is 76.6 cm³/mol. The van der Waals surface area contributed by atoms with Crippen molar-refractivity contribution in [3.63, 3.8) is 0 Å². The van der Waals surface area contributed by atoms with Crippen LogP contribution in [0.3, 0.4) is 0 Å². The van der Waals surface area contributed by atoms with Crippen molar-refractivity contribution in [3.05, 3.63) is 51.0 Å². The van der Waals surface area contributed by atoms with Gasteiger partial charge >= 0.3 is 5.56 Å². The number of amides is 1. The molecule has 8 heteroatoms. The minimum absolute atomic E-state index is 0.0552. The number of carbonyl (C=O) groups is 1. The first-order valence-corrected chi connectivity index (χ1v) is 6.43. The molecule has 0 aliphatic carbocycles. The van der Waals surface area contributed by atoms with Crippen molar-refractivity contribution < 1.29 is 4.79 Å². The molecule has 0 radical (unpaired) electrons. The molecule has 100 valence electrons. The van der Waals surface area contributed by atoms with Crippen LogP contribution in [-0.4, -0.2) is 25.8 Å². The minimum atomic E-state index is -0.485. The lowest BCUT2D eigenvalue weighted by Gasteiger charge is -2.04. The second kappa shape index (κ2) is 4.89. The Morgan fingerprint density at radius 1 is 1.35 bits per heavy atom. The van der Waals surface area contributed by atoms with E-state index < -0.39 is 5.56 Å². The smallest absolute Gasteiger partial charge is 0.300 e. The zero-order chi connectivity index (χ0) is 14.1. The van der Waals surface area contributed by atoms with Crippen LogP contribution >= 0.6 is 15.9 Å². The number of fused-ring (bicyclic) bond motifs is 1. The van der Waals surface area contributed by atoms with E-state index in [9.17, 15) is 9.59 Å². The van der Waals surface area contributed by atoms with Crippen molar-refractivity contribution in [2.75, 3.05) is 5.32 Å². The summed E-state index contributed by atoms with van der Waals surface area (Å²) in [4.78, 5) is 36.8. The summed E-state index contributed by atoms with van der Waals surface area (Å²) in [5.41, 5.74) is 0.574. The summed E-state index contributed by atoms with van der Waals surface area (Å²) in [6.07, 6.45) is 1.38. The molecule has 0 saturated carbocycles. The van der Waals surface area contributed by atoms with Crippen LogP contribution in [0.4, 0.5) is 5.95 Å². The van der Waals surface area contributed by atoms with Gasteiger partial charge in [0.25, 0.3) is 5.91 Å². The summed E-state index contributed by atoms with van der Waals surface area (Å²) < 4.78 is 0.786. The number of benzene rings is 1. The summed E-state index contributed by atoms with van der Waals surface area (Å²) in [6.45, 7) is 0. The molecule has 0 saturated heterocycles. The van der Waals surface area contributed by atoms with Gasteiger partial charge in [-0.2, -0.15) is 4.98 Å². The molecular weight excluding hydrogens is 326 g/mol. The third-order valence-corrected chi connectivity index (χ3v) is 3.12. The van der Waals surface area contributed by atoms with E-state index in [2.05, 4.69) is 41.2 Å². The third kappa shape index (κ3) is 2.32. The topological polar surface area (TPSA) is 104 Å². The molecule has 3 N–H and O–H groups in total. The van der Waals surface area contributed by atoms with E-state index in [4.69, 9.17) is 0 Å². The summed E-state index contributed by atoms with van der Waals surface area (Å²) in [6, 6.07) is 6.88. The van der Waals surface area contributed by atoms with Gasteiger partial charge in [0.2, 0.25) is 5.95 Å². The zero-order valence-corrected chi connectivity index (χ0v) is 11.6. The van der Waals surface area contributed by atoms with E-state index >= 15 is 0 Å². The highest BCUT2D eigenvalue weighted by molar-refractivity contribution is 9.10. The van der Waals surface area contributed by atoms with E-state index in [1.807, 2.05) is 6.07 Å². The van der Waals surface area contributed by atoms with Crippen molar-refractivity contribution in [2.24, 2.45) is 0 Å². The molecule has 1 aromatic carbocycles. The lowest BCUT2D eigenvalue weighted by atomic mass is 10.2. The minimum Gasteiger partial charge on any atom is -0.339 e. The van der Waals surface area contributed by atoms with Gasteiger partial charge in [-0.1, -0.05) is 22.0 Å². The monoisotopic (exact) mass is 333 g/mol. The standard InChI is InChI=1S/C12H8BrN5O2/c13-7-3-1-2-6(4-7)10(19)17-12-16-9-8(11(20)18-12)14-5-15-9/h1-5H,(H3,14,15,16,17,18,19,20). The molecule has 0 unspecified atom stereocenters. The fourth-order valence-electron chi connectivity index (χ4n) is 1.72. The summed E-state index contributed by atoms with van der Waals surface area (Å²) in [5.74, 6) is -0.316. The van der Waals surface area contributed by atoms with E-state index in [0.29, 0.717) is 11.2 Å². The fraction of sp³-hybridized carbons (Fsp3) is 0. The van der Waals surface area contributed by atoms with Gasteiger partial charge in [0.1, 0.15) is 0 Å². The Labute approximate surface area is 120 Å². The Morgan fingerprint density at radius 3 is 3.00 bits per heavy atom. The van der Waals surface area contributed by atoms with Crippen molar-refractivity contribution >= 4 is 38.9 Å². The molecule has 0 spiro atoms. The molecule has 0 bridgehead atoms. The Bertz CT molecular complexity index is 854. The average Bonchev–Trinajstić information content (AvgIpc) is 2.87.